The second-order valence-corrected chi connectivity index (χ2v) is 7.04. The number of carbonyl (C=O) groups is 1. The number of piperazine rings is 1. The van der Waals surface area contributed by atoms with E-state index in [2.05, 4.69) is 15.4 Å². The van der Waals surface area contributed by atoms with Crippen LogP contribution >= 0.6 is 24.0 Å². The third-order valence-corrected chi connectivity index (χ3v) is 5.20. The van der Waals surface area contributed by atoms with Gasteiger partial charge in [0.2, 0.25) is 0 Å². The van der Waals surface area contributed by atoms with Crippen molar-refractivity contribution in [2.75, 3.05) is 19.6 Å². The molecule has 7 nitrogen and oxygen atoms in total. The van der Waals surface area contributed by atoms with Gasteiger partial charge in [0, 0.05) is 50.3 Å². The van der Waals surface area contributed by atoms with Crippen molar-refractivity contribution in [3.63, 3.8) is 0 Å². The van der Waals surface area contributed by atoms with Gasteiger partial charge in [0.1, 0.15) is 11.9 Å². The van der Waals surface area contributed by atoms with Gasteiger partial charge in [-0.15, -0.1) is 12.4 Å². The molecule has 148 valence electrons. The molecule has 28 heavy (non-hydrogen) atoms. The van der Waals surface area contributed by atoms with Gasteiger partial charge in [-0.05, 0) is 11.6 Å². The van der Waals surface area contributed by atoms with Crippen LogP contribution in [0.15, 0.2) is 49.1 Å². The number of imidazole rings is 1. The summed E-state index contributed by atoms with van der Waals surface area (Å²) in [6.45, 7) is 2.61. The Morgan fingerprint density at radius 2 is 2.18 bits per heavy atom. The summed E-state index contributed by atoms with van der Waals surface area (Å²) in [5, 5.41) is 8.39. The van der Waals surface area contributed by atoms with Crippen molar-refractivity contribution in [2.24, 2.45) is 7.05 Å². The molecule has 2 aromatic heterocycles. The molecule has 3 aromatic rings. The predicted octanol–water partition coefficient (Wildman–Crippen LogP) is 2.53. The third kappa shape index (κ3) is 4.06. The lowest BCUT2D eigenvalue weighted by atomic mass is 10.1. The molecule has 0 aliphatic carbocycles. The van der Waals surface area contributed by atoms with E-state index in [1.165, 1.54) is 0 Å². The normalized spacial score (nSPS) is 16.6. The number of amides is 1. The smallest absolute Gasteiger partial charge is 0.257 e. The Labute approximate surface area is 174 Å². The maximum atomic E-state index is 13.1. The molecule has 1 aromatic carbocycles. The number of aryl methyl sites for hydroxylation is 1. The zero-order valence-electron chi connectivity index (χ0n) is 15.5. The maximum absolute atomic E-state index is 13.1. The Hall–Kier alpha value is -2.35. The predicted molar refractivity (Wildman–Crippen MR) is 110 cm³/mol. The number of carbonyl (C=O) groups excluding carboxylic acids is 1. The van der Waals surface area contributed by atoms with Crippen LogP contribution in [0.4, 0.5) is 0 Å². The molecule has 1 saturated heterocycles. The van der Waals surface area contributed by atoms with E-state index >= 15 is 0 Å². The molecule has 0 saturated carbocycles. The van der Waals surface area contributed by atoms with Gasteiger partial charge in [0.05, 0.1) is 18.3 Å². The van der Waals surface area contributed by atoms with Crippen LogP contribution < -0.4 is 5.32 Å². The summed E-state index contributed by atoms with van der Waals surface area (Å²) in [4.78, 5) is 19.4. The molecular weight excluding hydrogens is 399 g/mol. The standard InChI is InChI=1S/C19H21ClN6O.ClH/c1-24-8-7-22-18(24)17-11-21-6-9-26(17)19(27)15-10-23-25(13-15)12-14-4-2-3-5-16(14)20;/h2-5,7-8,10,13,17,21H,6,9,11-12H2,1H3;1H. The SMILES string of the molecule is Cl.Cn1ccnc1C1CNCCN1C(=O)c1cnn(Cc2ccccc2Cl)c1. The van der Waals surface area contributed by atoms with Gasteiger partial charge in [0.25, 0.3) is 5.91 Å². The summed E-state index contributed by atoms with van der Waals surface area (Å²) < 4.78 is 3.70. The van der Waals surface area contributed by atoms with Crippen molar-refractivity contribution in [2.45, 2.75) is 12.6 Å². The Balaban J connectivity index is 0.00000225. The molecule has 1 atom stereocenters. The number of benzene rings is 1. The first-order valence-corrected chi connectivity index (χ1v) is 9.26. The Morgan fingerprint density at radius 1 is 1.36 bits per heavy atom. The minimum Gasteiger partial charge on any atom is -0.336 e. The van der Waals surface area contributed by atoms with Crippen molar-refractivity contribution in [3.8, 4) is 0 Å². The summed E-state index contributed by atoms with van der Waals surface area (Å²) >= 11 is 6.22. The van der Waals surface area contributed by atoms with E-state index in [9.17, 15) is 4.79 Å². The average Bonchev–Trinajstić information content (AvgIpc) is 3.32. The van der Waals surface area contributed by atoms with E-state index in [-0.39, 0.29) is 24.4 Å². The first kappa shape index (κ1) is 20.4. The Kier molecular flexibility index (Phi) is 6.39. The number of nitrogens with zero attached hydrogens (tertiary/aromatic N) is 5. The highest BCUT2D eigenvalue weighted by Crippen LogP contribution is 2.23. The number of aromatic nitrogens is 4. The van der Waals surface area contributed by atoms with Gasteiger partial charge in [0.15, 0.2) is 0 Å². The van der Waals surface area contributed by atoms with Crippen molar-refractivity contribution in [1.29, 1.82) is 0 Å². The molecule has 1 unspecified atom stereocenters. The van der Waals surface area contributed by atoms with Crippen molar-refractivity contribution < 1.29 is 4.79 Å². The number of hydrogen-bond acceptors (Lipinski definition) is 4. The quantitative estimate of drug-likeness (QED) is 0.703. The Bertz CT molecular complexity index is 953. The zero-order chi connectivity index (χ0) is 18.8. The van der Waals surface area contributed by atoms with Crippen molar-refractivity contribution in [1.82, 2.24) is 29.5 Å². The van der Waals surface area contributed by atoms with Crippen LogP contribution in [0.25, 0.3) is 0 Å². The second-order valence-electron chi connectivity index (χ2n) is 6.63. The number of nitrogens with one attached hydrogen (secondary N) is 1. The summed E-state index contributed by atoms with van der Waals surface area (Å²) in [6.07, 6.45) is 7.06. The van der Waals surface area contributed by atoms with Gasteiger partial charge in [-0.3, -0.25) is 9.48 Å². The van der Waals surface area contributed by atoms with E-state index in [1.807, 2.05) is 47.0 Å². The number of rotatable bonds is 4. The number of hydrogen-bond donors (Lipinski definition) is 1. The van der Waals surface area contributed by atoms with E-state index in [0.717, 1.165) is 17.9 Å². The molecule has 1 N–H and O–H groups in total. The van der Waals surface area contributed by atoms with Crippen molar-refractivity contribution in [3.05, 3.63) is 71.0 Å². The molecule has 4 rings (SSSR count). The molecule has 3 heterocycles. The minimum atomic E-state index is -0.0989. The zero-order valence-corrected chi connectivity index (χ0v) is 17.0. The van der Waals surface area contributed by atoms with Crippen LogP contribution in [0.5, 0.6) is 0 Å². The fourth-order valence-electron chi connectivity index (χ4n) is 3.40. The number of halogens is 2. The Morgan fingerprint density at radius 3 is 2.93 bits per heavy atom. The van der Waals surface area contributed by atoms with Gasteiger partial charge in [-0.2, -0.15) is 5.10 Å². The summed E-state index contributed by atoms with van der Waals surface area (Å²) in [7, 11) is 1.95. The topological polar surface area (TPSA) is 68.0 Å². The minimum absolute atomic E-state index is 0. The lowest BCUT2D eigenvalue weighted by molar-refractivity contribution is 0.0621. The highest BCUT2D eigenvalue weighted by molar-refractivity contribution is 6.31. The van der Waals surface area contributed by atoms with Crippen LogP contribution in [0.3, 0.4) is 0 Å². The summed E-state index contributed by atoms with van der Waals surface area (Å²) in [6, 6.07) is 7.54. The average molecular weight is 421 g/mol. The molecular formula is C19H22Cl2N6O. The molecule has 0 radical (unpaired) electrons. The molecule has 0 bridgehead atoms. The molecule has 1 aliphatic heterocycles. The van der Waals surface area contributed by atoms with Gasteiger partial charge in [-0.1, -0.05) is 29.8 Å². The van der Waals surface area contributed by atoms with Crippen LogP contribution in [0, 0.1) is 0 Å². The van der Waals surface area contributed by atoms with Gasteiger partial charge >= 0.3 is 0 Å². The molecule has 9 heteroatoms. The summed E-state index contributed by atoms with van der Waals surface area (Å²) in [5.74, 6) is 0.842. The second kappa shape index (κ2) is 8.77. The highest BCUT2D eigenvalue weighted by Gasteiger charge is 2.31. The monoisotopic (exact) mass is 420 g/mol. The van der Waals surface area contributed by atoms with Crippen LogP contribution in [-0.4, -0.2) is 49.8 Å². The van der Waals surface area contributed by atoms with Crippen LogP contribution in [0.1, 0.15) is 27.8 Å². The molecule has 0 spiro atoms. The third-order valence-electron chi connectivity index (χ3n) is 4.83. The fourth-order valence-corrected chi connectivity index (χ4v) is 3.60. The van der Waals surface area contributed by atoms with E-state index in [1.54, 1.807) is 23.3 Å². The van der Waals surface area contributed by atoms with E-state index < -0.39 is 0 Å². The highest BCUT2D eigenvalue weighted by atomic mass is 35.5. The van der Waals surface area contributed by atoms with Crippen LogP contribution in [-0.2, 0) is 13.6 Å². The molecule has 1 aliphatic rings. The lowest BCUT2D eigenvalue weighted by Crippen LogP contribution is -2.49. The first-order chi connectivity index (χ1) is 13.1. The van der Waals surface area contributed by atoms with Crippen LogP contribution in [0.2, 0.25) is 5.02 Å². The fraction of sp³-hybridized carbons (Fsp3) is 0.316. The van der Waals surface area contributed by atoms with Gasteiger partial charge < -0.3 is 14.8 Å². The summed E-state index contributed by atoms with van der Waals surface area (Å²) in [5.41, 5.74) is 1.54. The largest absolute Gasteiger partial charge is 0.336 e. The van der Waals surface area contributed by atoms with Crippen molar-refractivity contribution >= 4 is 29.9 Å². The molecule has 1 amide bonds. The molecule has 1 fully saturated rings. The van der Waals surface area contributed by atoms with E-state index in [4.69, 9.17) is 11.6 Å². The van der Waals surface area contributed by atoms with Gasteiger partial charge in [-0.25, -0.2) is 4.98 Å². The van der Waals surface area contributed by atoms with E-state index in [0.29, 0.717) is 30.2 Å². The maximum Gasteiger partial charge on any atom is 0.257 e. The first-order valence-electron chi connectivity index (χ1n) is 8.88. The lowest BCUT2D eigenvalue weighted by Gasteiger charge is -2.35.